The van der Waals surface area contributed by atoms with Crippen molar-refractivity contribution in [3.8, 4) is 0 Å². The van der Waals surface area contributed by atoms with Crippen molar-refractivity contribution in [3.05, 3.63) is 0 Å². The standard InChI is InChI=1S/C13H24N2O3/c1-9(2)10(3)14-12(16)8-15-6-5-11(7-15)13(17)18-4/h9-11H,5-8H2,1-4H3,(H,14,16). The molecular weight excluding hydrogens is 232 g/mol. The molecule has 1 aliphatic rings. The molecule has 0 aromatic heterocycles. The molecule has 1 fully saturated rings. The number of ether oxygens (including phenoxy) is 1. The smallest absolute Gasteiger partial charge is 0.310 e. The molecule has 0 aromatic carbocycles. The molecule has 0 spiro atoms. The predicted molar refractivity (Wildman–Crippen MR) is 69.0 cm³/mol. The van der Waals surface area contributed by atoms with E-state index >= 15 is 0 Å². The van der Waals surface area contributed by atoms with Crippen LogP contribution in [0.4, 0.5) is 0 Å². The molecule has 1 amide bonds. The fourth-order valence-corrected chi connectivity index (χ4v) is 2.00. The van der Waals surface area contributed by atoms with Gasteiger partial charge in [0.2, 0.25) is 5.91 Å². The van der Waals surface area contributed by atoms with E-state index in [9.17, 15) is 9.59 Å². The zero-order chi connectivity index (χ0) is 13.7. The highest BCUT2D eigenvalue weighted by molar-refractivity contribution is 5.78. The quantitative estimate of drug-likeness (QED) is 0.733. The zero-order valence-electron chi connectivity index (χ0n) is 11.7. The predicted octanol–water partition coefficient (Wildman–Crippen LogP) is 0.642. The Hall–Kier alpha value is -1.10. The van der Waals surface area contributed by atoms with Gasteiger partial charge in [-0.05, 0) is 25.8 Å². The Morgan fingerprint density at radius 3 is 2.61 bits per heavy atom. The maximum Gasteiger partial charge on any atom is 0.310 e. The van der Waals surface area contributed by atoms with Gasteiger partial charge in [0.25, 0.3) is 0 Å². The molecule has 1 N–H and O–H groups in total. The second-order valence-corrected chi connectivity index (χ2v) is 5.34. The van der Waals surface area contributed by atoms with Gasteiger partial charge in [-0.3, -0.25) is 14.5 Å². The molecule has 0 saturated carbocycles. The van der Waals surface area contributed by atoms with Crippen molar-refractivity contribution >= 4 is 11.9 Å². The molecule has 0 radical (unpaired) electrons. The molecule has 18 heavy (non-hydrogen) atoms. The van der Waals surface area contributed by atoms with E-state index in [0.717, 1.165) is 13.0 Å². The van der Waals surface area contributed by atoms with Gasteiger partial charge in [-0.1, -0.05) is 13.8 Å². The van der Waals surface area contributed by atoms with Crippen LogP contribution in [0.2, 0.25) is 0 Å². The molecule has 0 bridgehead atoms. The minimum atomic E-state index is -0.173. The number of likely N-dealkylation sites (tertiary alicyclic amines) is 1. The zero-order valence-corrected chi connectivity index (χ0v) is 11.7. The van der Waals surface area contributed by atoms with Gasteiger partial charge in [-0.2, -0.15) is 0 Å². The average molecular weight is 256 g/mol. The van der Waals surface area contributed by atoms with E-state index in [1.54, 1.807) is 0 Å². The molecule has 1 rings (SSSR count). The minimum Gasteiger partial charge on any atom is -0.469 e. The molecule has 2 atom stereocenters. The summed E-state index contributed by atoms with van der Waals surface area (Å²) < 4.78 is 4.72. The summed E-state index contributed by atoms with van der Waals surface area (Å²) in [6.45, 7) is 7.93. The van der Waals surface area contributed by atoms with Crippen LogP contribution in [-0.4, -0.2) is 49.6 Å². The van der Waals surface area contributed by atoms with Crippen molar-refractivity contribution in [2.45, 2.75) is 33.2 Å². The number of amides is 1. The summed E-state index contributed by atoms with van der Waals surface area (Å²) in [4.78, 5) is 25.2. The number of hydrogen-bond acceptors (Lipinski definition) is 4. The summed E-state index contributed by atoms with van der Waals surface area (Å²) in [6.07, 6.45) is 0.777. The van der Waals surface area contributed by atoms with Gasteiger partial charge in [-0.25, -0.2) is 0 Å². The molecule has 1 heterocycles. The first-order chi connectivity index (χ1) is 8.43. The maximum atomic E-state index is 11.8. The van der Waals surface area contributed by atoms with Crippen LogP contribution in [0.5, 0.6) is 0 Å². The number of hydrogen-bond donors (Lipinski definition) is 1. The van der Waals surface area contributed by atoms with Crippen LogP contribution in [0.3, 0.4) is 0 Å². The number of nitrogens with zero attached hydrogens (tertiary/aromatic N) is 1. The van der Waals surface area contributed by atoms with E-state index in [0.29, 0.717) is 19.0 Å². The minimum absolute atomic E-state index is 0.0294. The molecule has 5 heteroatoms. The van der Waals surface area contributed by atoms with Crippen LogP contribution in [0.1, 0.15) is 27.2 Å². The Morgan fingerprint density at radius 1 is 1.39 bits per heavy atom. The third-order valence-corrected chi connectivity index (χ3v) is 3.56. The summed E-state index contributed by atoms with van der Waals surface area (Å²) in [5, 5.41) is 2.97. The fraction of sp³-hybridized carbons (Fsp3) is 0.846. The Balaban J connectivity index is 2.32. The van der Waals surface area contributed by atoms with E-state index in [1.165, 1.54) is 7.11 Å². The largest absolute Gasteiger partial charge is 0.469 e. The second-order valence-electron chi connectivity index (χ2n) is 5.34. The van der Waals surface area contributed by atoms with Crippen molar-refractivity contribution < 1.29 is 14.3 Å². The van der Waals surface area contributed by atoms with Crippen LogP contribution in [0.15, 0.2) is 0 Å². The van der Waals surface area contributed by atoms with Gasteiger partial charge in [0.05, 0.1) is 19.6 Å². The van der Waals surface area contributed by atoms with E-state index in [4.69, 9.17) is 4.74 Å². The number of carbonyl (C=O) groups excluding carboxylic acids is 2. The van der Waals surface area contributed by atoms with Gasteiger partial charge in [-0.15, -0.1) is 0 Å². The highest BCUT2D eigenvalue weighted by Crippen LogP contribution is 2.16. The van der Waals surface area contributed by atoms with Crippen LogP contribution in [0.25, 0.3) is 0 Å². The highest BCUT2D eigenvalue weighted by atomic mass is 16.5. The van der Waals surface area contributed by atoms with Crippen LogP contribution < -0.4 is 5.32 Å². The third kappa shape index (κ3) is 4.29. The number of nitrogens with one attached hydrogen (secondary N) is 1. The first kappa shape index (κ1) is 15.0. The molecular formula is C13H24N2O3. The average Bonchev–Trinajstić information content (AvgIpc) is 2.76. The van der Waals surface area contributed by atoms with Gasteiger partial charge in [0.1, 0.15) is 0 Å². The number of esters is 1. The summed E-state index contributed by atoms with van der Waals surface area (Å²) in [6, 6.07) is 0.177. The van der Waals surface area contributed by atoms with Crippen LogP contribution in [-0.2, 0) is 14.3 Å². The topological polar surface area (TPSA) is 58.6 Å². The Bertz CT molecular complexity index is 305. The van der Waals surface area contributed by atoms with Crippen molar-refractivity contribution in [1.29, 1.82) is 0 Å². The number of rotatable bonds is 5. The first-order valence-electron chi connectivity index (χ1n) is 6.53. The normalized spacial score (nSPS) is 21.9. The number of carbonyl (C=O) groups is 2. The first-order valence-corrected chi connectivity index (χ1v) is 6.53. The molecule has 0 aromatic rings. The van der Waals surface area contributed by atoms with Crippen LogP contribution in [0, 0.1) is 11.8 Å². The SMILES string of the molecule is COC(=O)C1CCN(CC(=O)NC(C)C(C)C)C1. The summed E-state index contributed by atoms with van der Waals surface area (Å²) in [5.74, 6) is 0.204. The molecule has 0 aliphatic carbocycles. The van der Waals surface area contributed by atoms with E-state index in [2.05, 4.69) is 19.2 Å². The van der Waals surface area contributed by atoms with Gasteiger partial charge in [0.15, 0.2) is 0 Å². The van der Waals surface area contributed by atoms with E-state index < -0.39 is 0 Å². The molecule has 5 nitrogen and oxygen atoms in total. The second kappa shape index (κ2) is 6.73. The molecule has 2 unspecified atom stereocenters. The highest BCUT2D eigenvalue weighted by Gasteiger charge is 2.30. The maximum absolute atomic E-state index is 11.8. The van der Waals surface area contributed by atoms with E-state index in [1.807, 2.05) is 11.8 Å². The summed E-state index contributed by atoms with van der Waals surface area (Å²) >= 11 is 0. The van der Waals surface area contributed by atoms with Gasteiger partial charge < -0.3 is 10.1 Å². The fourth-order valence-electron chi connectivity index (χ4n) is 2.00. The monoisotopic (exact) mass is 256 g/mol. The van der Waals surface area contributed by atoms with Gasteiger partial charge in [0, 0.05) is 12.6 Å². The Morgan fingerprint density at radius 2 is 2.06 bits per heavy atom. The van der Waals surface area contributed by atoms with E-state index in [-0.39, 0.29) is 23.8 Å². The lowest BCUT2D eigenvalue weighted by Gasteiger charge is -2.20. The van der Waals surface area contributed by atoms with Gasteiger partial charge >= 0.3 is 5.97 Å². The Kier molecular flexibility index (Phi) is 5.59. The van der Waals surface area contributed by atoms with Crippen molar-refractivity contribution in [2.75, 3.05) is 26.7 Å². The van der Waals surface area contributed by atoms with Crippen LogP contribution >= 0.6 is 0 Å². The van der Waals surface area contributed by atoms with Crippen molar-refractivity contribution in [2.24, 2.45) is 11.8 Å². The van der Waals surface area contributed by atoms with Crippen molar-refractivity contribution in [3.63, 3.8) is 0 Å². The lowest BCUT2D eigenvalue weighted by molar-refractivity contribution is -0.145. The lowest BCUT2D eigenvalue weighted by Crippen LogP contribution is -2.42. The lowest BCUT2D eigenvalue weighted by atomic mass is 10.1. The molecule has 1 aliphatic heterocycles. The number of methoxy groups -OCH3 is 1. The summed E-state index contributed by atoms with van der Waals surface area (Å²) in [7, 11) is 1.40. The summed E-state index contributed by atoms with van der Waals surface area (Å²) in [5.41, 5.74) is 0. The Labute approximate surface area is 109 Å². The third-order valence-electron chi connectivity index (χ3n) is 3.56. The molecule has 1 saturated heterocycles. The molecule has 104 valence electrons. The van der Waals surface area contributed by atoms with Crippen molar-refractivity contribution in [1.82, 2.24) is 10.2 Å².